The van der Waals surface area contributed by atoms with Crippen LogP contribution in [0.5, 0.6) is 0 Å². The first-order chi connectivity index (χ1) is 9.38. The van der Waals surface area contributed by atoms with Gasteiger partial charge in [-0.05, 0) is 32.0 Å². The minimum atomic E-state index is -0.164. The Kier molecular flexibility index (Phi) is 4.09. The Balaban J connectivity index is 2.24. The highest BCUT2D eigenvalue weighted by Crippen LogP contribution is 2.22. The summed E-state index contributed by atoms with van der Waals surface area (Å²) in [6.45, 7) is 3.91. The Hall–Kier alpha value is -1.88. The summed E-state index contributed by atoms with van der Waals surface area (Å²) in [6, 6.07) is 7.54. The van der Waals surface area contributed by atoms with Crippen molar-refractivity contribution in [2.45, 2.75) is 26.3 Å². The Bertz CT molecular complexity index is 663. The Morgan fingerprint density at radius 3 is 2.80 bits per heavy atom. The molecule has 0 saturated heterocycles. The molecule has 0 saturated carbocycles. The smallest absolute Gasteiger partial charge is 0.289 e. The summed E-state index contributed by atoms with van der Waals surface area (Å²) >= 11 is 4.88. The number of amides is 1. The first-order valence-corrected chi connectivity index (χ1v) is 6.85. The van der Waals surface area contributed by atoms with Gasteiger partial charge in [0.25, 0.3) is 5.91 Å². The van der Waals surface area contributed by atoms with Crippen molar-refractivity contribution in [3.8, 4) is 0 Å². The van der Waals surface area contributed by atoms with E-state index in [1.165, 1.54) is 0 Å². The lowest BCUT2D eigenvalue weighted by atomic mass is 10.1. The van der Waals surface area contributed by atoms with Gasteiger partial charge < -0.3 is 15.1 Å². The van der Waals surface area contributed by atoms with Gasteiger partial charge in [-0.15, -0.1) is 0 Å². The van der Waals surface area contributed by atoms with Gasteiger partial charge in [-0.3, -0.25) is 4.79 Å². The summed E-state index contributed by atoms with van der Waals surface area (Å²) in [6.07, 6.45) is 0.497. The molecule has 1 aromatic heterocycles. The largest absolute Gasteiger partial charge is 0.451 e. The lowest BCUT2D eigenvalue weighted by Gasteiger charge is -2.23. The molecule has 2 aromatic rings. The summed E-state index contributed by atoms with van der Waals surface area (Å²) in [5.41, 5.74) is 7.37. The fraction of sp³-hybridized carbons (Fsp3) is 0.333. The van der Waals surface area contributed by atoms with E-state index in [0.717, 1.165) is 10.9 Å². The van der Waals surface area contributed by atoms with Crippen LogP contribution < -0.4 is 5.73 Å². The first-order valence-electron chi connectivity index (χ1n) is 6.44. The number of aryl methyl sites for hydroxylation is 1. The van der Waals surface area contributed by atoms with Crippen LogP contribution in [0.15, 0.2) is 28.7 Å². The molecule has 106 valence electrons. The minimum absolute atomic E-state index is 0.0602. The van der Waals surface area contributed by atoms with E-state index in [0.29, 0.717) is 22.8 Å². The van der Waals surface area contributed by atoms with Gasteiger partial charge in [-0.2, -0.15) is 0 Å². The van der Waals surface area contributed by atoms with Crippen LogP contribution in [0, 0.1) is 6.92 Å². The van der Waals surface area contributed by atoms with Crippen molar-refractivity contribution in [3.05, 3.63) is 35.6 Å². The number of carbonyl (C=O) groups is 1. The Morgan fingerprint density at radius 2 is 2.15 bits per heavy atom. The van der Waals surface area contributed by atoms with Crippen molar-refractivity contribution in [1.29, 1.82) is 0 Å². The molecule has 0 radical (unpaired) electrons. The third kappa shape index (κ3) is 2.99. The summed E-state index contributed by atoms with van der Waals surface area (Å²) in [5.74, 6) is 0.172. The van der Waals surface area contributed by atoms with Crippen LogP contribution in [-0.2, 0) is 0 Å². The summed E-state index contributed by atoms with van der Waals surface area (Å²) in [5, 5.41) is 0.934. The maximum atomic E-state index is 12.4. The van der Waals surface area contributed by atoms with Crippen molar-refractivity contribution in [2.24, 2.45) is 5.73 Å². The van der Waals surface area contributed by atoms with Crippen LogP contribution in [0.1, 0.15) is 29.5 Å². The summed E-state index contributed by atoms with van der Waals surface area (Å²) in [7, 11) is 1.73. The number of furan rings is 1. The van der Waals surface area contributed by atoms with Gasteiger partial charge in [0, 0.05) is 24.9 Å². The molecule has 1 heterocycles. The van der Waals surface area contributed by atoms with Crippen LogP contribution in [0.4, 0.5) is 0 Å². The van der Waals surface area contributed by atoms with Crippen LogP contribution >= 0.6 is 12.2 Å². The number of hydrogen-bond acceptors (Lipinski definition) is 3. The van der Waals surface area contributed by atoms with Crippen LogP contribution in [0.3, 0.4) is 0 Å². The van der Waals surface area contributed by atoms with E-state index < -0.39 is 0 Å². The zero-order valence-electron chi connectivity index (χ0n) is 11.8. The molecule has 0 bridgehead atoms. The predicted octanol–water partition coefficient (Wildman–Crippen LogP) is 2.88. The maximum absolute atomic E-state index is 12.4. The van der Waals surface area contributed by atoms with Crippen molar-refractivity contribution in [1.82, 2.24) is 4.90 Å². The monoisotopic (exact) mass is 290 g/mol. The molecule has 1 unspecified atom stereocenters. The highest BCUT2D eigenvalue weighted by atomic mass is 32.1. The minimum Gasteiger partial charge on any atom is -0.451 e. The number of nitrogens with zero attached hydrogens (tertiary/aromatic N) is 1. The number of thiocarbonyl (C=S) groups is 1. The van der Waals surface area contributed by atoms with Crippen LogP contribution in [0.25, 0.3) is 11.0 Å². The topological polar surface area (TPSA) is 59.5 Å². The number of rotatable bonds is 4. The van der Waals surface area contributed by atoms with E-state index in [1.54, 1.807) is 18.0 Å². The average molecular weight is 290 g/mol. The molecule has 0 spiro atoms. The first kappa shape index (κ1) is 14.5. The summed E-state index contributed by atoms with van der Waals surface area (Å²) in [4.78, 5) is 14.4. The molecule has 1 aromatic carbocycles. The second-order valence-electron chi connectivity index (χ2n) is 5.09. The van der Waals surface area contributed by atoms with Crippen molar-refractivity contribution < 1.29 is 9.21 Å². The van der Waals surface area contributed by atoms with E-state index in [4.69, 9.17) is 22.4 Å². The number of benzene rings is 1. The van der Waals surface area contributed by atoms with E-state index in [-0.39, 0.29) is 11.9 Å². The van der Waals surface area contributed by atoms with Gasteiger partial charge in [-0.1, -0.05) is 23.8 Å². The molecule has 1 atom stereocenters. The third-order valence-corrected chi connectivity index (χ3v) is 3.53. The SMILES string of the molecule is Cc1ccc2oc(C(=O)N(C)C(C)CC(N)=S)cc2c1. The van der Waals surface area contributed by atoms with Gasteiger partial charge >= 0.3 is 0 Å². The second kappa shape index (κ2) is 5.63. The summed E-state index contributed by atoms with van der Waals surface area (Å²) < 4.78 is 5.61. The van der Waals surface area contributed by atoms with Gasteiger partial charge in [0.2, 0.25) is 0 Å². The normalized spacial score (nSPS) is 12.3. The number of nitrogens with two attached hydrogens (primary N) is 1. The lowest BCUT2D eigenvalue weighted by molar-refractivity contribution is 0.0718. The maximum Gasteiger partial charge on any atom is 0.289 e. The number of carbonyl (C=O) groups excluding carboxylic acids is 1. The van der Waals surface area contributed by atoms with E-state index in [1.807, 2.05) is 32.0 Å². The zero-order valence-corrected chi connectivity index (χ0v) is 12.7. The Labute approximate surface area is 123 Å². The van der Waals surface area contributed by atoms with Gasteiger partial charge in [0.15, 0.2) is 5.76 Å². The molecular weight excluding hydrogens is 272 g/mol. The molecule has 0 aliphatic carbocycles. The number of fused-ring (bicyclic) bond motifs is 1. The highest BCUT2D eigenvalue weighted by molar-refractivity contribution is 7.80. The fourth-order valence-electron chi connectivity index (χ4n) is 2.07. The second-order valence-corrected chi connectivity index (χ2v) is 5.61. The molecule has 0 aliphatic heterocycles. The molecule has 0 fully saturated rings. The fourth-order valence-corrected chi connectivity index (χ4v) is 2.31. The molecule has 2 rings (SSSR count). The van der Waals surface area contributed by atoms with Gasteiger partial charge in [0.05, 0.1) is 4.99 Å². The third-order valence-electron chi connectivity index (χ3n) is 3.36. The molecule has 2 N–H and O–H groups in total. The molecule has 20 heavy (non-hydrogen) atoms. The van der Waals surface area contributed by atoms with Crippen LogP contribution in [-0.4, -0.2) is 28.9 Å². The lowest BCUT2D eigenvalue weighted by Crippen LogP contribution is -2.37. The molecule has 4 nitrogen and oxygen atoms in total. The van der Waals surface area contributed by atoms with Gasteiger partial charge in [-0.25, -0.2) is 0 Å². The van der Waals surface area contributed by atoms with Crippen molar-refractivity contribution in [3.63, 3.8) is 0 Å². The van der Waals surface area contributed by atoms with Crippen molar-refractivity contribution in [2.75, 3.05) is 7.05 Å². The van der Waals surface area contributed by atoms with E-state index >= 15 is 0 Å². The number of hydrogen-bond donors (Lipinski definition) is 1. The standard InChI is InChI=1S/C15H18N2O2S/c1-9-4-5-12-11(6-9)8-13(19-12)15(18)17(3)10(2)7-14(16)20/h4-6,8,10H,7H2,1-3H3,(H2,16,20). The molecule has 5 heteroatoms. The zero-order chi connectivity index (χ0) is 14.9. The van der Waals surface area contributed by atoms with Crippen LogP contribution in [0.2, 0.25) is 0 Å². The molecule has 0 aliphatic rings. The quantitative estimate of drug-likeness (QED) is 0.880. The molecular formula is C15H18N2O2S. The Morgan fingerprint density at radius 1 is 1.45 bits per heavy atom. The average Bonchev–Trinajstić information content (AvgIpc) is 2.78. The van der Waals surface area contributed by atoms with Gasteiger partial charge in [0.1, 0.15) is 5.58 Å². The van der Waals surface area contributed by atoms with Crippen molar-refractivity contribution >= 4 is 34.1 Å². The van der Waals surface area contributed by atoms with E-state index in [9.17, 15) is 4.79 Å². The molecule has 1 amide bonds. The van der Waals surface area contributed by atoms with E-state index in [2.05, 4.69) is 0 Å². The highest BCUT2D eigenvalue weighted by Gasteiger charge is 2.21. The predicted molar refractivity (Wildman–Crippen MR) is 83.9 cm³/mol.